The van der Waals surface area contributed by atoms with Gasteiger partial charge in [-0.25, -0.2) is 4.98 Å². The fourth-order valence-corrected chi connectivity index (χ4v) is 2.65. The third kappa shape index (κ3) is 5.17. The standard InChI is InChI=1S/C17H18N4O5S/c1-25-14-6-10(2-5-13(14)26-7-12-8-27-9-18-12)15(22)20-21-17(24)16(23)19-11-3-4-11/h2,5-6,8-9,11H,3-4,7H2,1H3,(H,19,23)(H,20,22)(H,21,24). The Balaban J connectivity index is 1.55. The van der Waals surface area contributed by atoms with Gasteiger partial charge in [-0.05, 0) is 31.0 Å². The molecule has 1 fully saturated rings. The lowest BCUT2D eigenvalue weighted by Crippen LogP contribution is -2.48. The average Bonchev–Trinajstić information content (AvgIpc) is 3.34. The van der Waals surface area contributed by atoms with Crippen LogP contribution in [0.5, 0.6) is 11.5 Å². The Kier molecular flexibility index (Phi) is 5.87. The second-order valence-corrected chi connectivity index (χ2v) is 6.51. The lowest BCUT2D eigenvalue weighted by Gasteiger charge is -2.12. The third-order valence-electron chi connectivity index (χ3n) is 3.69. The second kappa shape index (κ2) is 8.49. The van der Waals surface area contributed by atoms with Crippen molar-refractivity contribution in [3.8, 4) is 11.5 Å². The van der Waals surface area contributed by atoms with Crippen LogP contribution in [0.25, 0.3) is 0 Å². The molecule has 3 amide bonds. The van der Waals surface area contributed by atoms with Crippen molar-refractivity contribution in [2.75, 3.05) is 7.11 Å². The van der Waals surface area contributed by atoms with Crippen LogP contribution in [0, 0.1) is 0 Å². The van der Waals surface area contributed by atoms with E-state index in [1.807, 2.05) is 5.38 Å². The van der Waals surface area contributed by atoms with Crippen molar-refractivity contribution in [3.63, 3.8) is 0 Å². The monoisotopic (exact) mass is 390 g/mol. The van der Waals surface area contributed by atoms with Gasteiger partial charge in [0.25, 0.3) is 5.91 Å². The molecule has 1 heterocycles. The Morgan fingerprint density at radius 1 is 1.19 bits per heavy atom. The number of thiazole rings is 1. The van der Waals surface area contributed by atoms with E-state index in [4.69, 9.17) is 9.47 Å². The normalized spacial score (nSPS) is 12.8. The molecule has 1 aliphatic carbocycles. The summed E-state index contributed by atoms with van der Waals surface area (Å²) in [6.07, 6.45) is 1.73. The second-order valence-electron chi connectivity index (χ2n) is 5.79. The van der Waals surface area contributed by atoms with Gasteiger partial charge in [-0.2, -0.15) is 0 Å². The fraction of sp³-hybridized carbons (Fsp3) is 0.294. The molecule has 9 nitrogen and oxygen atoms in total. The molecule has 0 unspecified atom stereocenters. The predicted molar refractivity (Wildman–Crippen MR) is 96.2 cm³/mol. The van der Waals surface area contributed by atoms with Crippen molar-refractivity contribution in [1.29, 1.82) is 0 Å². The van der Waals surface area contributed by atoms with Gasteiger partial charge < -0.3 is 14.8 Å². The molecule has 0 spiro atoms. The molecule has 1 aliphatic rings. The number of carbonyl (C=O) groups is 3. The van der Waals surface area contributed by atoms with Crippen molar-refractivity contribution in [3.05, 3.63) is 40.3 Å². The summed E-state index contributed by atoms with van der Waals surface area (Å²) in [5, 5.41) is 4.40. The van der Waals surface area contributed by atoms with Gasteiger partial charge in [-0.3, -0.25) is 25.2 Å². The van der Waals surface area contributed by atoms with Crippen molar-refractivity contribution >= 4 is 29.1 Å². The summed E-state index contributed by atoms with van der Waals surface area (Å²) >= 11 is 1.47. The Hall–Kier alpha value is -3.14. The molecule has 27 heavy (non-hydrogen) atoms. The Morgan fingerprint density at radius 2 is 2.00 bits per heavy atom. The molecule has 10 heteroatoms. The van der Waals surface area contributed by atoms with Gasteiger partial charge in [0.2, 0.25) is 0 Å². The molecule has 0 aliphatic heterocycles. The Labute approximate surface area is 159 Å². The minimum atomic E-state index is -0.926. The number of carbonyl (C=O) groups excluding carboxylic acids is 3. The van der Waals surface area contributed by atoms with E-state index < -0.39 is 17.7 Å². The molecule has 0 bridgehead atoms. The SMILES string of the molecule is COc1cc(C(=O)NNC(=O)C(=O)NC2CC2)ccc1OCc1cscn1. The maximum absolute atomic E-state index is 12.2. The van der Waals surface area contributed by atoms with Gasteiger partial charge in [0, 0.05) is 17.0 Å². The highest BCUT2D eigenvalue weighted by Crippen LogP contribution is 2.28. The number of nitrogens with one attached hydrogen (secondary N) is 3. The number of amides is 3. The van der Waals surface area contributed by atoms with Crippen molar-refractivity contribution in [2.24, 2.45) is 0 Å². The maximum Gasteiger partial charge on any atom is 0.327 e. The van der Waals surface area contributed by atoms with Crippen LogP contribution < -0.4 is 25.6 Å². The van der Waals surface area contributed by atoms with Gasteiger partial charge in [0.05, 0.1) is 18.3 Å². The zero-order chi connectivity index (χ0) is 19.2. The summed E-state index contributed by atoms with van der Waals surface area (Å²) in [7, 11) is 1.46. The van der Waals surface area contributed by atoms with Crippen LogP contribution in [0.1, 0.15) is 28.9 Å². The summed E-state index contributed by atoms with van der Waals surface area (Å²) < 4.78 is 10.9. The topological polar surface area (TPSA) is 119 Å². The number of nitrogens with zero attached hydrogens (tertiary/aromatic N) is 1. The average molecular weight is 390 g/mol. The van der Waals surface area contributed by atoms with Crippen LogP contribution in [0.3, 0.4) is 0 Å². The first-order valence-corrected chi connectivity index (χ1v) is 9.10. The summed E-state index contributed by atoms with van der Waals surface area (Å²) in [6.45, 7) is 0.275. The molecule has 142 valence electrons. The number of aromatic nitrogens is 1. The van der Waals surface area contributed by atoms with Gasteiger partial charge >= 0.3 is 11.8 Å². The van der Waals surface area contributed by atoms with E-state index in [-0.39, 0.29) is 18.2 Å². The molecule has 3 rings (SSSR count). The largest absolute Gasteiger partial charge is 0.493 e. The number of methoxy groups -OCH3 is 1. The number of benzene rings is 1. The van der Waals surface area contributed by atoms with Crippen molar-refractivity contribution < 1.29 is 23.9 Å². The lowest BCUT2D eigenvalue weighted by molar-refractivity contribution is -0.139. The smallest absolute Gasteiger partial charge is 0.327 e. The summed E-state index contributed by atoms with van der Waals surface area (Å²) in [4.78, 5) is 39.5. The molecule has 1 aromatic carbocycles. The Bertz CT molecular complexity index is 836. The summed E-state index contributed by atoms with van der Waals surface area (Å²) in [5.41, 5.74) is 7.01. The van der Waals surface area contributed by atoms with Crippen LogP contribution in [0.15, 0.2) is 29.1 Å². The van der Waals surface area contributed by atoms with Gasteiger partial charge in [0.15, 0.2) is 11.5 Å². The number of rotatable bonds is 6. The van der Waals surface area contributed by atoms with E-state index in [9.17, 15) is 14.4 Å². The molecule has 2 aromatic rings. The molecular formula is C17H18N4O5S. The molecule has 1 saturated carbocycles. The van der Waals surface area contributed by atoms with E-state index in [2.05, 4.69) is 21.2 Å². The highest BCUT2D eigenvalue weighted by Gasteiger charge is 2.26. The van der Waals surface area contributed by atoms with Gasteiger partial charge in [0.1, 0.15) is 6.61 Å². The number of hydrogen-bond donors (Lipinski definition) is 3. The van der Waals surface area contributed by atoms with Crippen molar-refractivity contribution in [1.82, 2.24) is 21.2 Å². The molecular weight excluding hydrogens is 372 g/mol. The van der Waals surface area contributed by atoms with Gasteiger partial charge in [-0.1, -0.05) is 0 Å². The highest BCUT2D eigenvalue weighted by atomic mass is 32.1. The van der Waals surface area contributed by atoms with Crippen LogP contribution >= 0.6 is 11.3 Å². The van der Waals surface area contributed by atoms with E-state index in [0.29, 0.717) is 11.5 Å². The molecule has 3 N–H and O–H groups in total. The van der Waals surface area contributed by atoms with Crippen LogP contribution in [-0.2, 0) is 16.2 Å². The first-order chi connectivity index (χ1) is 13.1. The number of hydrazine groups is 1. The zero-order valence-corrected chi connectivity index (χ0v) is 15.3. The summed E-state index contributed by atoms with van der Waals surface area (Å²) in [6, 6.07) is 4.63. The van der Waals surface area contributed by atoms with Crippen LogP contribution in [-0.4, -0.2) is 35.9 Å². The number of hydrogen-bond acceptors (Lipinski definition) is 7. The van der Waals surface area contributed by atoms with Crippen LogP contribution in [0.2, 0.25) is 0 Å². The first kappa shape index (κ1) is 18.6. The lowest BCUT2D eigenvalue weighted by atomic mass is 10.2. The zero-order valence-electron chi connectivity index (χ0n) is 14.5. The Morgan fingerprint density at radius 3 is 2.67 bits per heavy atom. The van der Waals surface area contributed by atoms with E-state index in [0.717, 1.165) is 18.5 Å². The van der Waals surface area contributed by atoms with Gasteiger partial charge in [-0.15, -0.1) is 11.3 Å². The maximum atomic E-state index is 12.2. The predicted octanol–water partition coefficient (Wildman–Crippen LogP) is 0.770. The molecule has 0 radical (unpaired) electrons. The molecule has 0 saturated heterocycles. The quantitative estimate of drug-likeness (QED) is 0.495. The highest BCUT2D eigenvalue weighted by molar-refractivity contribution is 7.07. The molecule has 0 atom stereocenters. The minimum absolute atomic E-state index is 0.0556. The van der Waals surface area contributed by atoms with E-state index >= 15 is 0 Å². The van der Waals surface area contributed by atoms with Crippen LogP contribution in [0.4, 0.5) is 0 Å². The van der Waals surface area contributed by atoms with E-state index in [1.165, 1.54) is 30.6 Å². The fourth-order valence-electron chi connectivity index (χ4n) is 2.11. The number of ether oxygens (including phenoxy) is 2. The minimum Gasteiger partial charge on any atom is -0.493 e. The summed E-state index contributed by atoms with van der Waals surface area (Å²) in [5.74, 6) is -1.48. The first-order valence-electron chi connectivity index (χ1n) is 8.16. The molecule has 1 aromatic heterocycles. The van der Waals surface area contributed by atoms with E-state index in [1.54, 1.807) is 11.6 Å². The third-order valence-corrected chi connectivity index (χ3v) is 4.33. The van der Waals surface area contributed by atoms with Crippen molar-refractivity contribution in [2.45, 2.75) is 25.5 Å².